The minimum absolute atomic E-state index is 0.0941. The van der Waals surface area contributed by atoms with Crippen LogP contribution in [-0.4, -0.2) is 24.9 Å². The van der Waals surface area contributed by atoms with Gasteiger partial charge in [0.15, 0.2) is 12.4 Å². The average Bonchev–Trinajstić information content (AvgIpc) is 2.37. The number of carbonyl (C=O) groups excluding carboxylic acids is 1. The molecule has 0 saturated heterocycles. The predicted molar refractivity (Wildman–Crippen MR) is 70.9 cm³/mol. The van der Waals surface area contributed by atoms with Crippen molar-refractivity contribution in [3.63, 3.8) is 0 Å². The third-order valence-corrected chi connectivity index (χ3v) is 2.21. The number of nitrogens with zero attached hydrogens (tertiary/aromatic N) is 1. The van der Waals surface area contributed by atoms with Gasteiger partial charge in [-0.25, -0.2) is 4.39 Å². The zero-order valence-electron chi connectivity index (χ0n) is 11.0. The second-order valence-corrected chi connectivity index (χ2v) is 4.45. The molecule has 0 fully saturated rings. The molecule has 0 aliphatic rings. The monoisotopic (exact) mass is 267 g/mol. The second kappa shape index (κ2) is 7.35. The summed E-state index contributed by atoms with van der Waals surface area (Å²) in [6, 6.07) is 5.51. The first-order valence-corrected chi connectivity index (χ1v) is 5.97. The highest BCUT2D eigenvalue weighted by Gasteiger charge is 2.03. The molecule has 0 bridgehead atoms. The maximum absolute atomic E-state index is 12.7. The summed E-state index contributed by atoms with van der Waals surface area (Å²) in [5.74, 6) is -0.150. The molecule has 1 rings (SSSR count). The van der Waals surface area contributed by atoms with Gasteiger partial charge in [-0.05, 0) is 30.2 Å². The number of rotatable bonds is 6. The Morgan fingerprint density at radius 2 is 2.05 bits per heavy atom. The van der Waals surface area contributed by atoms with E-state index in [-0.39, 0.29) is 24.2 Å². The molecule has 0 aliphatic carbocycles. The topological polar surface area (TPSA) is 76.7 Å². The fourth-order valence-corrected chi connectivity index (χ4v) is 1.20. The molecule has 1 aromatic rings. The fraction of sp³-hybridized carbons (Fsp3) is 0.385. The predicted octanol–water partition coefficient (Wildman–Crippen LogP) is 1.23. The summed E-state index contributed by atoms with van der Waals surface area (Å²) < 4.78 is 12.7. The number of hydrogen-bond acceptors (Lipinski definition) is 3. The molecular formula is C13H18FN3O2. The maximum atomic E-state index is 12.7. The van der Waals surface area contributed by atoms with Gasteiger partial charge >= 0.3 is 0 Å². The quantitative estimate of drug-likeness (QED) is 0.462. The molecule has 0 aliphatic heterocycles. The molecule has 6 heteroatoms. The van der Waals surface area contributed by atoms with Crippen LogP contribution < -0.4 is 11.1 Å². The van der Waals surface area contributed by atoms with Crippen LogP contribution in [0, 0.1) is 11.7 Å². The Morgan fingerprint density at radius 1 is 1.42 bits per heavy atom. The van der Waals surface area contributed by atoms with Crippen molar-refractivity contribution in [2.75, 3.05) is 13.2 Å². The van der Waals surface area contributed by atoms with Gasteiger partial charge in [0.05, 0.1) is 0 Å². The summed E-state index contributed by atoms with van der Waals surface area (Å²) in [5, 5.41) is 6.28. The van der Waals surface area contributed by atoms with Gasteiger partial charge in [-0.2, -0.15) is 0 Å². The van der Waals surface area contributed by atoms with Gasteiger partial charge in [0.25, 0.3) is 5.91 Å². The number of oxime groups is 1. The van der Waals surface area contributed by atoms with Gasteiger partial charge < -0.3 is 15.9 Å². The normalized spacial score (nSPS) is 11.5. The van der Waals surface area contributed by atoms with Crippen molar-refractivity contribution >= 4 is 11.7 Å². The maximum Gasteiger partial charge on any atom is 0.260 e. The number of halogens is 1. The second-order valence-electron chi connectivity index (χ2n) is 4.45. The van der Waals surface area contributed by atoms with Crippen molar-refractivity contribution in [3.8, 4) is 0 Å². The molecule has 19 heavy (non-hydrogen) atoms. The number of nitrogens with two attached hydrogens (primary N) is 1. The average molecular weight is 267 g/mol. The highest BCUT2D eigenvalue weighted by atomic mass is 19.1. The van der Waals surface area contributed by atoms with Crippen molar-refractivity contribution in [1.82, 2.24) is 5.32 Å². The summed E-state index contributed by atoms with van der Waals surface area (Å²) in [7, 11) is 0. The Labute approximate surface area is 111 Å². The highest BCUT2D eigenvalue weighted by molar-refractivity contribution is 5.97. The van der Waals surface area contributed by atoms with Crippen LogP contribution in [0.5, 0.6) is 0 Å². The Bertz CT molecular complexity index is 444. The van der Waals surface area contributed by atoms with E-state index in [1.165, 1.54) is 24.3 Å². The Morgan fingerprint density at radius 3 is 2.63 bits per heavy atom. The van der Waals surface area contributed by atoms with Crippen molar-refractivity contribution in [3.05, 3.63) is 35.6 Å². The van der Waals surface area contributed by atoms with E-state index in [9.17, 15) is 9.18 Å². The fourth-order valence-electron chi connectivity index (χ4n) is 1.20. The lowest BCUT2D eigenvalue weighted by molar-refractivity contribution is -0.125. The Hall–Kier alpha value is -2.11. The lowest BCUT2D eigenvalue weighted by atomic mass is 10.2. The smallest absolute Gasteiger partial charge is 0.260 e. The molecule has 5 nitrogen and oxygen atoms in total. The molecular weight excluding hydrogens is 249 g/mol. The zero-order valence-corrected chi connectivity index (χ0v) is 11.0. The van der Waals surface area contributed by atoms with Gasteiger partial charge in [-0.3, -0.25) is 4.79 Å². The van der Waals surface area contributed by atoms with Gasteiger partial charge in [0.1, 0.15) is 5.82 Å². The Balaban J connectivity index is 2.39. The van der Waals surface area contributed by atoms with E-state index in [2.05, 4.69) is 10.5 Å². The molecule has 0 saturated carbocycles. The molecule has 1 aromatic carbocycles. The van der Waals surface area contributed by atoms with Crippen molar-refractivity contribution in [2.45, 2.75) is 13.8 Å². The largest absolute Gasteiger partial charge is 0.384 e. The summed E-state index contributed by atoms with van der Waals surface area (Å²) in [6.45, 7) is 4.37. The third-order valence-electron chi connectivity index (χ3n) is 2.21. The van der Waals surface area contributed by atoms with Crippen LogP contribution in [0.4, 0.5) is 4.39 Å². The minimum atomic E-state index is -0.356. The molecule has 0 spiro atoms. The number of carbonyl (C=O) groups is 1. The SMILES string of the molecule is CC(C)CNC(=O)CO/N=C(\N)c1ccc(F)cc1. The van der Waals surface area contributed by atoms with E-state index in [1.807, 2.05) is 13.8 Å². The highest BCUT2D eigenvalue weighted by Crippen LogP contribution is 2.02. The van der Waals surface area contributed by atoms with Gasteiger partial charge in [0.2, 0.25) is 0 Å². The first kappa shape index (κ1) is 14.9. The van der Waals surface area contributed by atoms with Crippen LogP contribution in [0.1, 0.15) is 19.4 Å². The van der Waals surface area contributed by atoms with E-state index < -0.39 is 0 Å². The van der Waals surface area contributed by atoms with Crippen LogP contribution in [0.2, 0.25) is 0 Å². The summed E-state index contributed by atoms with van der Waals surface area (Å²) in [4.78, 5) is 16.1. The number of benzene rings is 1. The van der Waals surface area contributed by atoms with Crippen LogP contribution >= 0.6 is 0 Å². The molecule has 0 aromatic heterocycles. The van der Waals surface area contributed by atoms with Crippen LogP contribution in [0.3, 0.4) is 0 Å². The molecule has 104 valence electrons. The van der Waals surface area contributed by atoms with Crippen LogP contribution in [-0.2, 0) is 9.63 Å². The van der Waals surface area contributed by atoms with Gasteiger partial charge in [0, 0.05) is 12.1 Å². The molecule has 0 atom stereocenters. The van der Waals surface area contributed by atoms with E-state index >= 15 is 0 Å². The minimum Gasteiger partial charge on any atom is -0.384 e. The third kappa shape index (κ3) is 5.85. The van der Waals surface area contributed by atoms with Crippen molar-refractivity contribution in [2.24, 2.45) is 16.8 Å². The summed E-state index contributed by atoms with van der Waals surface area (Å²) >= 11 is 0. The van der Waals surface area contributed by atoms with E-state index in [4.69, 9.17) is 10.6 Å². The molecule has 0 heterocycles. The lowest BCUT2D eigenvalue weighted by Gasteiger charge is -2.06. The van der Waals surface area contributed by atoms with E-state index in [0.29, 0.717) is 18.0 Å². The first-order chi connectivity index (χ1) is 8.99. The Kier molecular flexibility index (Phi) is 5.78. The van der Waals surface area contributed by atoms with Crippen molar-refractivity contribution in [1.29, 1.82) is 0 Å². The number of amidine groups is 1. The molecule has 0 radical (unpaired) electrons. The van der Waals surface area contributed by atoms with Crippen LogP contribution in [0.15, 0.2) is 29.4 Å². The number of amides is 1. The number of hydrogen-bond donors (Lipinski definition) is 2. The first-order valence-electron chi connectivity index (χ1n) is 5.97. The molecule has 1 amide bonds. The van der Waals surface area contributed by atoms with E-state index in [0.717, 1.165) is 0 Å². The number of nitrogens with one attached hydrogen (secondary N) is 1. The summed E-state index contributed by atoms with van der Waals surface area (Å²) in [6.07, 6.45) is 0. The van der Waals surface area contributed by atoms with Gasteiger partial charge in [-0.15, -0.1) is 0 Å². The summed E-state index contributed by atoms with van der Waals surface area (Å²) in [5.41, 5.74) is 6.16. The molecule has 0 unspecified atom stereocenters. The van der Waals surface area contributed by atoms with Gasteiger partial charge in [-0.1, -0.05) is 19.0 Å². The standard InChI is InChI=1S/C13H18FN3O2/c1-9(2)7-16-12(18)8-19-17-13(15)10-3-5-11(14)6-4-10/h3-6,9H,7-8H2,1-2H3,(H2,15,17)(H,16,18). The lowest BCUT2D eigenvalue weighted by Crippen LogP contribution is -2.30. The van der Waals surface area contributed by atoms with Crippen molar-refractivity contribution < 1.29 is 14.0 Å². The zero-order chi connectivity index (χ0) is 14.3. The van der Waals surface area contributed by atoms with E-state index in [1.54, 1.807) is 0 Å². The molecule has 3 N–H and O–H groups in total. The van der Waals surface area contributed by atoms with Crippen LogP contribution in [0.25, 0.3) is 0 Å².